The van der Waals surface area contributed by atoms with Gasteiger partial charge in [0.25, 0.3) is 0 Å². The molecule has 5 saturated heterocycles. The summed E-state index contributed by atoms with van der Waals surface area (Å²) in [6.07, 6.45) is 27.4. The number of morpholine rings is 5. The Morgan fingerprint density at radius 1 is 0.303 bits per heavy atom. The van der Waals surface area contributed by atoms with Crippen LogP contribution in [0.2, 0.25) is 0 Å². The van der Waals surface area contributed by atoms with Gasteiger partial charge in [-0.3, -0.25) is 0 Å². The minimum absolute atomic E-state index is 0.0508. The van der Waals surface area contributed by atoms with Gasteiger partial charge in [-0.25, -0.2) is 89.7 Å². The van der Waals surface area contributed by atoms with Crippen molar-refractivity contribution in [3.8, 4) is 68.0 Å². The minimum Gasteiger partial charge on any atom is -0.480 e. The monoisotopic (exact) mass is 1930 g/mol. The zero-order valence-corrected chi connectivity index (χ0v) is 80.5. The van der Waals surface area contributed by atoms with Crippen LogP contribution in [0.4, 0.5) is 59.5 Å². The molecule has 2 aliphatic carbocycles. The van der Waals surface area contributed by atoms with Gasteiger partial charge >= 0.3 is 0 Å². The lowest BCUT2D eigenvalue weighted by Crippen LogP contribution is -2.37. The van der Waals surface area contributed by atoms with Crippen LogP contribution >= 0.6 is 0 Å². The molecule has 0 spiro atoms. The lowest BCUT2D eigenvalue weighted by molar-refractivity contribution is 0.122. The van der Waals surface area contributed by atoms with E-state index < -0.39 is 0 Å². The molecule has 7 aliphatic rings. The Morgan fingerprint density at radius 3 is 0.852 bits per heavy atom. The van der Waals surface area contributed by atoms with Crippen LogP contribution in [0.25, 0.3) is 112 Å². The number of benzene rings is 1. The van der Waals surface area contributed by atoms with Gasteiger partial charge in [-0.1, -0.05) is 30.3 Å². The normalized spacial score (nSPS) is 16.8. The predicted molar refractivity (Wildman–Crippen MR) is 530 cm³/mol. The molecule has 0 radical (unpaired) electrons. The fourth-order valence-corrected chi connectivity index (χ4v) is 17.5. The standard InChI is InChI=1S/C21H22N8O.C19H24N8O2.C18H24N8O3.C18H22N8O.C17H22N8O2/c1-14(15-5-3-2-4-6-15)29-13-25-18-17(16-11-23-20(22)24-12-16)26-21(27-19(18)29)28-7-9-30-10-8-28;1-11(12-3-4-12)27-10-22-15-14(13-9-21-18(20)25-17(13)28-2)23-19(24-16(15)27)26-5-7-29-8-6-26;1-11(9-27-2)26-10-21-14-13(12-8-20-17(19)24-16(12)28-3)22-18(23-15(14)26)25-4-6-29-7-5-25;1-11(12-2-3-12)26-10-22-15-14(13-8-20-17(19)21-9-13)23-18(24-16(15)26)25-4-6-27-7-5-25;1-11(9-26-2)25-10-21-14-13(12-7-19-16(18)20-8-12)22-17(23-15(14)25)24-3-5-27-6-4-24/h2-6,11-14H,7-10H2,1H3,(H2,22,23,24);9-12H,3-8H2,1-2H3,(H2,20,21,25);8,10-11H,4-7,9H2,1-3H3,(H2,19,20,24);8-12H,2-7H2,1H3,(H2,19,20,21);7-8,10-11H,3-6,9H2,1-2H3,(H2,18,19,20). The number of nitrogens with two attached hydrogens (primary N) is 5. The Labute approximate surface area is 815 Å². The summed E-state index contributed by atoms with van der Waals surface area (Å²) in [6.45, 7) is 25.8. The van der Waals surface area contributed by atoms with E-state index in [1.54, 1.807) is 83.6 Å². The number of nitrogens with zero attached hydrogens (tertiary/aromatic N) is 35. The van der Waals surface area contributed by atoms with Crippen LogP contribution in [-0.4, -0.2) is 321 Å². The molecule has 20 heterocycles. The predicted octanol–water partition coefficient (Wildman–Crippen LogP) is 7.49. The summed E-state index contributed by atoms with van der Waals surface area (Å²) in [5.74, 6) is 6.29. The summed E-state index contributed by atoms with van der Waals surface area (Å²) in [5.41, 5.74) is 43.9. The van der Waals surface area contributed by atoms with Crippen molar-refractivity contribution in [2.24, 2.45) is 11.8 Å². The highest BCUT2D eigenvalue weighted by atomic mass is 16.5. The van der Waals surface area contributed by atoms with Crippen molar-refractivity contribution in [2.45, 2.75) is 90.5 Å². The van der Waals surface area contributed by atoms with E-state index in [1.165, 1.54) is 38.4 Å². The van der Waals surface area contributed by atoms with Crippen molar-refractivity contribution in [1.29, 1.82) is 0 Å². The van der Waals surface area contributed by atoms with E-state index in [2.05, 4.69) is 153 Å². The number of ether oxygens (including phenoxy) is 9. The fraction of sp³-hybridized carbons (Fsp3) is 0.452. The van der Waals surface area contributed by atoms with Crippen molar-refractivity contribution in [3.05, 3.63) is 117 Å². The molecule has 49 heteroatoms. The molecule has 0 amide bonds. The van der Waals surface area contributed by atoms with Crippen molar-refractivity contribution in [1.82, 2.24) is 147 Å². The molecule has 15 aromatic heterocycles. The highest BCUT2D eigenvalue weighted by Crippen LogP contribution is 2.45. The molecule has 23 rings (SSSR count). The second-order valence-electron chi connectivity index (χ2n) is 35.1. The molecule has 16 aromatic rings. The molecule has 2 saturated carbocycles. The first-order valence-corrected chi connectivity index (χ1v) is 47.3. The van der Waals surface area contributed by atoms with E-state index in [9.17, 15) is 0 Å². The van der Waals surface area contributed by atoms with Gasteiger partial charge in [0.15, 0.2) is 28.2 Å². The number of rotatable bonds is 24. The molecule has 1 aromatic carbocycles. The number of fused-ring (bicyclic) bond motifs is 5. The van der Waals surface area contributed by atoms with E-state index in [1.807, 2.05) is 53.2 Å². The van der Waals surface area contributed by atoms with Crippen molar-refractivity contribution in [3.63, 3.8) is 0 Å². The summed E-state index contributed by atoms with van der Waals surface area (Å²) in [7, 11) is 6.44. The van der Waals surface area contributed by atoms with Gasteiger partial charge in [0.2, 0.25) is 71.2 Å². The van der Waals surface area contributed by atoms with Gasteiger partial charge in [-0.2, -0.15) is 34.9 Å². The van der Waals surface area contributed by atoms with Crippen LogP contribution in [0, 0.1) is 11.8 Å². The molecule has 5 unspecified atom stereocenters. The number of anilines is 10. The zero-order chi connectivity index (χ0) is 98.0. The summed E-state index contributed by atoms with van der Waals surface area (Å²) >= 11 is 0. The van der Waals surface area contributed by atoms with Crippen molar-refractivity contribution < 1.29 is 42.6 Å². The first kappa shape index (κ1) is 95.6. The van der Waals surface area contributed by atoms with Crippen LogP contribution in [0.3, 0.4) is 0 Å². The zero-order valence-electron chi connectivity index (χ0n) is 80.5. The molecular weight excluding hydrogens is 1820 g/mol. The molecule has 0 bridgehead atoms. The molecule has 10 N–H and O–H groups in total. The largest absolute Gasteiger partial charge is 0.480 e. The van der Waals surface area contributed by atoms with Gasteiger partial charge in [0.05, 0.1) is 154 Å². The molecule has 7 fully saturated rings. The van der Waals surface area contributed by atoms with Gasteiger partial charge < -0.3 is 119 Å². The maximum atomic E-state index is 5.75. The molecule has 142 heavy (non-hydrogen) atoms. The Hall–Kier alpha value is -15.3. The van der Waals surface area contributed by atoms with Gasteiger partial charge in [-0.15, -0.1) is 0 Å². The maximum absolute atomic E-state index is 5.75. The van der Waals surface area contributed by atoms with Crippen LogP contribution in [0.1, 0.15) is 96.1 Å². The van der Waals surface area contributed by atoms with Crippen molar-refractivity contribution >= 4 is 115 Å². The molecule has 740 valence electrons. The van der Waals surface area contributed by atoms with E-state index in [4.69, 9.17) is 121 Å². The third kappa shape index (κ3) is 21.0. The van der Waals surface area contributed by atoms with E-state index in [-0.39, 0.29) is 47.9 Å². The lowest BCUT2D eigenvalue weighted by atomic mass is 10.1. The Balaban J connectivity index is 0.000000113. The van der Waals surface area contributed by atoms with Crippen LogP contribution in [0.5, 0.6) is 11.8 Å². The van der Waals surface area contributed by atoms with Crippen LogP contribution in [-0.2, 0) is 33.2 Å². The smallest absolute Gasteiger partial charge is 0.228 e. The summed E-state index contributed by atoms with van der Waals surface area (Å²) in [5, 5.41) is 0. The third-order valence-corrected chi connectivity index (χ3v) is 25.7. The van der Waals surface area contributed by atoms with Crippen molar-refractivity contribution in [2.75, 3.05) is 226 Å². The number of methoxy groups -OCH3 is 4. The number of nitrogen functional groups attached to an aromatic ring is 5. The van der Waals surface area contributed by atoms with Crippen LogP contribution < -0.4 is 62.6 Å². The van der Waals surface area contributed by atoms with Gasteiger partial charge in [-0.05, 0) is 77.7 Å². The summed E-state index contributed by atoms with van der Waals surface area (Å²) in [4.78, 5) is 124. The molecular formula is C93H114N40O9. The average molecular weight is 1940 g/mol. The second-order valence-corrected chi connectivity index (χ2v) is 35.1. The number of imidazole rings is 5. The topological polar surface area (TPSA) is 576 Å². The highest BCUT2D eigenvalue weighted by molar-refractivity contribution is 5.93. The molecule has 5 aliphatic heterocycles. The Bertz CT molecular complexity index is 7000. The number of hydrogen-bond donors (Lipinski definition) is 5. The molecule has 5 atom stereocenters. The summed E-state index contributed by atoms with van der Waals surface area (Å²) in [6, 6.07) is 11.2. The quantitative estimate of drug-likeness (QED) is 0.0391. The highest BCUT2D eigenvalue weighted by Gasteiger charge is 2.36. The van der Waals surface area contributed by atoms with E-state index in [0.29, 0.717) is 219 Å². The number of hydrogen-bond acceptors (Lipinski definition) is 44. The van der Waals surface area contributed by atoms with Gasteiger partial charge in [0.1, 0.15) is 56.1 Å². The van der Waals surface area contributed by atoms with E-state index in [0.717, 1.165) is 103 Å². The molecule has 49 nitrogen and oxygen atoms in total. The average Bonchev–Trinajstić information content (AvgIpc) is 1.58. The first-order valence-electron chi connectivity index (χ1n) is 47.3. The van der Waals surface area contributed by atoms with E-state index >= 15 is 0 Å². The SMILES string of the molecule is CC(C1CC1)n1cnc2c(-c3cnc(N)nc3)nc(N3CCOCC3)nc21.CC(c1ccccc1)n1cnc2c(-c3cnc(N)nc3)nc(N3CCOCC3)nc21.COCC(C)n1cnc2c(-c3cnc(N)nc3)nc(N3CCOCC3)nc21.COCC(C)n1cnc2c(-c3cnc(N)nc3OC)nc(N3CCOCC3)nc21.COc1nc(N)ncc1-c1nc(N2CCOCC2)nc2c1ncn2C(C)C1CC1. The Morgan fingerprint density at radius 2 is 0.563 bits per heavy atom. The maximum Gasteiger partial charge on any atom is 0.228 e. The second kappa shape index (κ2) is 43.2. The Kier molecular flexibility index (Phi) is 29.1. The fourth-order valence-electron chi connectivity index (χ4n) is 17.5. The van der Waals surface area contributed by atoms with Gasteiger partial charge in [0, 0.05) is 158 Å². The third-order valence-electron chi connectivity index (χ3n) is 25.7. The number of aromatic nitrogens is 30. The van der Waals surface area contributed by atoms with Crippen LogP contribution in [0.15, 0.2) is 112 Å². The lowest BCUT2D eigenvalue weighted by Gasteiger charge is -2.27. The minimum atomic E-state index is 0.0508. The first-order chi connectivity index (χ1) is 69.3. The summed E-state index contributed by atoms with van der Waals surface area (Å²) < 4.78 is 59.3.